The minimum atomic E-state index is -0.0229. The van der Waals surface area contributed by atoms with E-state index in [2.05, 4.69) is 19.9 Å². The van der Waals surface area contributed by atoms with Crippen LogP contribution >= 0.6 is 11.6 Å². The van der Waals surface area contributed by atoms with Crippen molar-refractivity contribution in [3.8, 4) is 0 Å². The molecule has 0 bridgehead atoms. The van der Waals surface area contributed by atoms with Crippen LogP contribution in [0.4, 0.5) is 5.69 Å². The lowest BCUT2D eigenvalue weighted by Crippen LogP contribution is -2.35. The third kappa shape index (κ3) is 2.24. The normalized spacial score (nSPS) is 20.4. The van der Waals surface area contributed by atoms with Crippen LogP contribution in [-0.4, -0.2) is 12.5 Å². The molecule has 0 aromatic heterocycles. The first-order valence-corrected chi connectivity index (χ1v) is 7.60. The van der Waals surface area contributed by atoms with Gasteiger partial charge in [-0.05, 0) is 30.2 Å². The van der Waals surface area contributed by atoms with Gasteiger partial charge in [0.25, 0.3) is 5.91 Å². The Labute approximate surface area is 130 Å². The molecule has 0 N–H and O–H groups in total. The highest BCUT2D eigenvalue weighted by Gasteiger charge is 2.40. The SMILES string of the molecule is CCC1(C)CN(C(=O)c2ccccc2Cl)c2ccccc21. The molecular formula is C18H18ClNO. The largest absolute Gasteiger partial charge is 0.307 e. The van der Waals surface area contributed by atoms with E-state index in [0.717, 1.165) is 12.1 Å². The Hall–Kier alpha value is -1.80. The number of benzene rings is 2. The molecule has 1 amide bonds. The van der Waals surface area contributed by atoms with Crippen LogP contribution in [0.25, 0.3) is 0 Å². The molecule has 2 nitrogen and oxygen atoms in total. The number of anilines is 1. The third-order valence-electron chi connectivity index (χ3n) is 4.48. The minimum absolute atomic E-state index is 0.00745. The maximum atomic E-state index is 12.9. The Balaban J connectivity index is 2.05. The van der Waals surface area contributed by atoms with Gasteiger partial charge in [-0.15, -0.1) is 0 Å². The number of halogens is 1. The molecule has 0 saturated heterocycles. The van der Waals surface area contributed by atoms with Gasteiger partial charge in [-0.3, -0.25) is 4.79 Å². The van der Waals surface area contributed by atoms with Gasteiger partial charge in [0.15, 0.2) is 0 Å². The summed E-state index contributed by atoms with van der Waals surface area (Å²) in [5.74, 6) is -0.0229. The van der Waals surface area contributed by atoms with Gasteiger partial charge in [-0.2, -0.15) is 0 Å². The number of carbonyl (C=O) groups is 1. The summed E-state index contributed by atoms with van der Waals surface area (Å²) < 4.78 is 0. The standard InChI is InChI=1S/C18H18ClNO/c1-3-18(2)12-20(16-11-7-5-9-14(16)18)17(21)13-8-4-6-10-15(13)19/h4-11H,3,12H2,1-2H3. The lowest BCUT2D eigenvalue weighted by atomic mass is 9.82. The Bertz CT molecular complexity index is 697. The van der Waals surface area contributed by atoms with Crippen molar-refractivity contribution in [3.05, 3.63) is 64.7 Å². The van der Waals surface area contributed by atoms with E-state index in [9.17, 15) is 4.79 Å². The molecule has 1 aliphatic heterocycles. The Morgan fingerprint density at radius 2 is 1.86 bits per heavy atom. The van der Waals surface area contributed by atoms with E-state index in [1.54, 1.807) is 12.1 Å². The molecule has 2 aromatic carbocycles. The average Bonchev–Trinajstić information content (AvgIpc) is 2.82. The summed E-state index contributed by atoms with van der Waals surface area (Å²) >= 11 is 6.18. The molecular weight excluding hydrogens is 282 g/mol. The van der Waals surface area contributed by atoms with Crippen molar-refractivity contribution in [2.45, 2.75) is 25.7 Å². The van der Waals surface area contributed by atoms with Crippen LogP contribution in [-0.2, 0) is 5.41 Å². The molecule has 3 heteroatoms. The van der Waals surface area contributed by atoms with Crippen LogP contribution < -0.4 is 4.90 Å². The van der Waals surface area contributed by atoms with Crippen LogP contribution in [0.5, 0.6) is 0 Å². The zero-order chi connectivity index (χ0) is 15.0. The van der Waals surface area contributed by atoms with E-state index in [0.29, 0.717) is 17.1 Å². The first-order chi connectivity index (χ1) is 10.1. The molecule has 0 fully saturated rings. The van der Waals surface area contributed by atoms with E-state index >= 15 is 0 Å². The van der Waals surface area contributed by atoms with E-state index in [1.807, 2.05) is 35.2 Å². The van der Waals surface area contributed by atoms with Crippen LogP contribution in [0.15, 0.2) is 48.5 Å². The molecule has 0 spiro atoms. The fourth-order valence-electron chi connectivity index (χ4n) is 3.00. The van der Waals surface area contributed by atoms with Crippen molar-refractivity contribution in [3.63, 3.8) is 0 Å². The van der Waals surface area contributed by atoms with Gasteiger partial charge in [-0.1, -0.05) is 55.8 Å². The summed E-state index contributed by atoms with van der Waals surface area (Å²) in [5, 5.41) is 0.505. The number of hydrogen-bond acceptors (Lipinski definition) is 1. The van der Waals surface area contributed by atoms with Gasteiger partial charge in [0.05, 0.1) is 10.6 Å². The lowest BCUT2D eigenvalue weighted by molar-refractivity contribution is 0.0985. The molecule has 0 radical (unpaired) electrons. The maximum absolute atomic E-state index is 12.9. The summed E-state index contributed by atoms with van der Waals surface area (Å²) in [4.78, 5) is 14.7. The molecule has 1 aliphatic rings. The van der Waals surface area contributed by atoms with Crippen LogP contribution in [0, 0.1) is 0 Å². The van der Waals surface area contributed by atoms with Gasteiger partial charge in [0, 0.05) is 17.6 Å². The maximum Gasteiger partial charge on any atom is 0.259 e. The molecule has 1 heterocycles. The molecule has 0 aliphatic carbocycles. The molecule has 3 rings (SSSR count). The first-order valence-electron chi connectivity index (χ1n) is 7.23. The monoisotopic (exact) mass is 299 g/mol. The second kappa shape index (κ2) is 5.19. The van der Waals surface area contributed by atoms with Gasteiger partial charge >= 0.3 is 0 Å². The third-order valence-corrected chi connectivity index (χ3v) is 4.81. The van der Waals surface area contributed by atoms with Gasteiger partial charge in [0.1, 0.15) is 0 Å². The van der Waals surface area contributed by atoms with Gasteiger partial charge in [0.2, 0.25) is 0 Å². The van der Waals surface area contributed by atoms with Crippen molar-refractivity contribution in [1.82, 2.24) is 0 Å². The van der Waals surface area contributed by atoms with Crippen molar-refractivity contribution in [2.24, 2.45) is 0 Å². The van der Waals surface area contributed by atoms with Crippen LogP contribution in [0.3, 0.4) is 0 Å². The topological polar surface area (TPSA) is 20.3 Å². The fraction of sp³-hybridized carbons (Fsp3) is 0.278. The molecule has 21 heavy (non-hydrogen) atoms. The number of hydrogen-bond donors (Lipinski definition) is 0. The number of nitrogens with zero attached hydrogens (tertiary/aromatic N) is 1. The van der Waals surface area contributed by atoms with Crippen LogP contribution in [0.1, 0.15) is 36.2 Å². The number of carbonyl (C=O) groups excluding carboxylic acids is 1. The summed E-state index contributed by atoms with van der Waals surface area (Å²) in [7, 11) is 0. The van der Waals surface area contributed by atoms with E-state index in [-0.39, 0.29) is 11.3 Å². The molecule has 2 aromatic rings. The van der Waals surface area contributed by atoms with Gasteiger partial charge < -0.3 is 4.90 Å². The number of rotatable bonds is 2. The fourth-order valence-corrected chi connectivity index (χ4v) is 3.22. The highest BCUT2D eigenvalue weighted by molar-refractivity contribution is 6.34. The second-order valence-corrected chi connectivity index (χ2v) is 6.21. The number of fused-ring (bicyclic) bond motifs is 1. The zero-order valence-corrected chi connectivity index (χ0v) is 13.0. The Morgan fingerprint density at radius 1 is 1.19 bits per heavy atom. The van der Waals surface area contributed by atoms with Gasteiger partial charge in [-0.25, -0.2) is 0 Å². The Kier molecular flexibility index (Phi) is 3.50. The smallest absolute Gasteiger partial charge is 0.259 e. The van der Waals surface area contributed by atoms with E-state index in [4.69, 9.17) is 11.6 Å². The zero-order valence-electron chi connectivity index (χ0n) is 12.3. The Morgan fingerprint density at radius 3 is 2.57 bits per heavy atom. The molecule has 1 atom stereocenters. The van der Waals surface area contributed by atoms with Crippen molar-refractivity contribution < 1.29 is 4.79 Å². The highest BCUT2D eigenvalue weighted by atomic mass is 35.5. The summed E-state index contributed by atoms with van der Waals surface area (Å²) in [5.41, 5.74) is 2.82. The predicted octanol–water partition coefficient (Wildman–Crippen LogP) is 4.67. The van der Waals surface area contributed by atoms with Crippen molar-refractivity contribution in [1.29, 1.82) is 0 Å². The second-order valence-electron chi connectivity index (χ2n) is 5.80. The average molecular weight is 300 g/mol. The van der Waals surface area contributed by atoms with Crippen molar-refractivity contribution >= 4 is 23.2 Å². The van der Waals surface area contributed by atoms with E-state index < -0.39 is 0 Å². The highest BCUT2D eigenvalue weighted by Crippen LogP contribution is 2.43. The van der Waals surface area contributed by atoms with Crippen molar-refractivity contribution in [2.75, 3.05) is 11.4 Å². The quantitative estimate of drug-likeness (QED) is 0.789. The predicted molar refractivity (Wildman–Crippen MR) is 87.2 cm³/mol. The minimum Gasteiger partial charge on any atom is -0.307 e. The number of para-hydroxylation sites is 1. The lowest BCUT2D eigenvalue weighted by Gasteiger charge is -2.24. The van der Waals surface area contributed by atoms with Crippen LogP contribution in [0.2, 0.25) is 5.02 Å². The number of amides is 1. The summed E-state index contributed by atoms with van der Waals surface area (Å²) in [6.07, 6.45) is 0.996. The first kappa shape index (κ1) is 14.2. The molecule has 0 saturated carbocycles. The summed E-state index contributed by atoms with van der Waals surface area (Å²) in [6, 6.07) is 15.4. The summed E-state index contributed by atoms with van der Waals surface area (Å²) in [6.45, 7) is 5.08. The molecule has 108 valence electrons. The molecule has 1 unspecified atom stereocenters. The van der Waals surface area contributed by atoms with E-state index in [1.165, 1.54) is 5.56 Å².